The van der Waals surface area contributed by atoms with Crippen LogP contribution in [0.4, 0.5) is 0 Å². The number of rotatable bonds is 8. The van der Waals surface area contributed by atoms with Crippen LogP contribution in [0.3, 0.4) is 0 Å². The van der Waals surface area contributed by atoms with Gasteiger partial charge in [-0.1, -0.05) is 41.0 Å². The van der Waals surface area contributed by atoms with E-state index in [1.807, 2.05) is 0 Å². The molecule has 1 heterocycles. The number of unbranched alkanes of at least 4 members (excludes halogenated alkanes) is 1. The highest BCUT2D eigenvalue weighted by molar-refractivity contribution is 5.26. The molecule has 1 N–H and O–H groups in total. The zero-order valence-electron chi connectivity index (χ0n) is 12.7. The molecule has 104 valence electrons. The van der Waals surface area contributed by atoms with Gasteiger partial charge in [0.05, 0.1) is 5.69 Å². The molecule has 0 radical (unpaired) electrons. The number of hydrogen-bond acceptors (Lipinski definition) is 2. The van der Waals surface area contributed by atoms with E-state index < -0.39 is 0 Å². The lowest BCUT2D eigenvalue weighted by Gasteiger charge is -2.10. The summed E-state index contributed by atoms with van der Waals surface area (Å²) < 4.78 is 2.24. The van der Waals surface area contributed by atoms with E-state index in [-0.39, 0.29) is 0 Å². The fourth-order valence-electron chi connectivity index (χ4n) is 2.27. The van der Waals surface area contributed by atoms with Crippen molar-refractivity contribution in [1.82, 2.24) is 15.1 Å². The number of hydrogen-bond donors (Lipinski definition) is 1. The van der Waals surface area contributed by atoms with Crippen LogP contribution < -0.4 is 5.32 Å². The van der Waals surface area contributed by atoms with E-state index in [1.165, 1.54) is 29.8 Å². The van der Waals surface area contributed by atoms with Gasteiger partial charge < -0.3 is 5.32 Å². The van der Waals surface area contributed by atoms with Gasteiger partial charge in [0.25, 0.3) is 0 Å². The van der Waals surface area contributed by atoms with Gasteiger partial charge in [0.2, 0.25) is 0 Å². The van der Waals surface area contributed by atoms with Crippen LogP contribution in [-0.2, 0) is 25.9 Å². The van der Waals surface area contributed by atoms with Gasteiger partial charge in [-0.25, -0.2) is 0 Å². The maximum Gasteiger partial charge on any atom is 0.0669 e. The minimum atomic E-state index is 0.526. The molecule has 0 amide bonds. The van der Waals surface area contributed by atoms with Gasteiger partial charge in [-0.3, -0.25) is 4.68 Å². The molecule has 0 unspecified atom stereocenters. The lowest BCUT2D eigenvalue weighted by Crippen LogP contribution is -2.23. The van der Waals surface area contributed by atoms with Crippen molar-refractivity contribution in [3.8, 4) is 0 Å². The fourth-order valence-corrected chi connectivity index (χ4v) is 2.27. The number of nitrogens with zero attached hydrogens (tertiary/aromatic N) is 2. The third kappa shape index (κ3) is 3.84. The SMILES string of the molecule is CCCCn1nc(CC)c(CNC(C)C)c1CC. The van der Waals surface area contributed by atoms with Crippen LogP contribution in [0.5, 0.6) is 0 Å². The van der Waals surface area contributed by atoms with Crippen LogP contribution in [-0.4, -0.2) is 15.8 Å². The van der Waals surface area contributed by atoms with Crippen molar-refractivity contribution in [2.24, 2.45) is 0 Å². The van der Waals surface area contributed by atoms with Gasteiger partial charge in [0, 0.05) is 30.4 Å². The predicted octanol–water partition coefficient (Wildman–Crippen LogP) is 3.31. The van der Waals surface area contributed by atoms with E-state index in [9.17, 15) is 0 Å². The van der Waals surface area contributed by atoms with Crippen LogP contribution in [0.25, 0.3) is 0 Å². The van der Waals surface area contributed by atoms with E-state index in [0.717, 1.165) is 25.9 Å². The average molecular weight is 251 g/mol. The first-order valence-electron chi connectivity index (χ1n) is 7.44. The summed E-state index contributed by atoms with van der Waals surface area (Å²) in [6.45, 7) is 13.1. The van der Waals surface area contributed by atoms with Gasteiger partial charge in [0.15, 0.2) is 0 Å². The van der Waals surface area contributed by atoms with Gasteiger partial charge in [0.1, 0.15) is 0 Å². The molecular weight excluding hydrogens is 222 g/mol. The van der Waals surface area contributed by atoms with Crippen molar-refractivity contribution in [3.63, 3.8) is 0 Å². The monoisotopic (exact) mass is 251 g/mol. The quantitative estimate of drug-likeness (QED) is 0.768. The lowest BCUT2D eigenvalue weighted by molar-refractivity contribution is 0.543. The standard InChI is InChI=1S/C15H29N3/c1-6-9-10-18-15(8-3)13(11-16-12(4)5)14(7-2)17-18/h12,16H,6-11H2,1-5H3. The van der Waals surface area contributed by atoms with E-state index >= 15 is 0 Å². The van der Waals surface area contributed by atoms with Crippen LogP contribution in [0, 0.1) is 0 Å². The largest absolute Gasteiger partial charge is 0.310 e. The zero-order valence-corrected chi connectivity index (χ0v) is 12.7. The van der Waals surface area contributed by atoms with Crippen molar-refractivity contribution < 1.29 is 0 Å². The maximum atomic E-state index is 4.79. The molecule has 1 aromatic heterocycles. The van der Waals surface area contributed by atoms with E-state index in [2.05, 4.69) is 44.6 Å². The molecule has 1 rings (SSSR count). The number of aromatic nitrogens is 2. The summed E-state index contributed by atoms with van der Waals surface area (Å²) >= 11 is 0. The van der Waals surface area contributed by atoms with E-state index in [1.54, 1.807) is 0 Å². The summed E-state index contributed by atoms with van der Waals surface area (Å²) in [5.74, 6) is 0. The molecule has 18 heavy (non-hydrogen) atoms. The molecule has 0 bridgehead atoms. The minimum Gasteiger partial charge on any atom is -0.310 e. The number of nitrogens with one attached hydrogen (secondary N) is 1. The minimum absolute atomic E-state index is 0.526. The normalized spacial score (nSPS) is 11.4. The second-order valence-electron chi connectivity index (χ2n) is 5.19. The Labute approximate surface area is 112 Å². The zero-order chi connectivity index (χ0) is 13.5. The van der Waals surface area contributed by atoms with Gasteiger partial charge in [-0.05, 0) is 19.3 Å². The molecule has 0 fully saturated rings. The summed E-state index contributed by atoms with van der Waals surface area (Å²) in [4.78, 5) is 0. The third-order valence-electron chi connectivity index (χ3n) is 3.33. The van der Waals surface area contributed by atoms with E-state index in [4.69, 9.17) is 5.10 Å². The Morgan fingerprint density at radius 3 is 2.39 bits per heavy atom. The molecule has 0 saturated carbocycles. The molecular formula is C15H29N3. The first-order valence-corrected chi connectivity index (χ1v) is 7.44. The van der Waals surface area contributed by atoms with Crippen LogP contribution in [0.2, 0.25) is 0 Å². The first kappa shape index (κ1) is 15.2. The Kier molecular flexibility index (Phi) is 6.41. The molecule has 0 saturated heterocycles. The van der Waals surface area contributed by atoms with Crippen molar-refractivity contribution in [1.29, 1.82) is 0 Å². The molecule has 0 aliphatic carbocycles. The highest BCUT2D eigenvalue weighted by atomic mass is 15.3. The molecule has 0 aliphatic heterocycles. The first-order chi connectivity index (χ1) is 8.63. The second kappa shape index (κ2) is 7.57. The Morgan fingerprint density at radius 1 is 1.17 bits per heavy atom. The molecule has 1 aromatic rings. The summed E-state index contributed by atoms with van der Waals surface area (Å²) in [5.41, 5.74) is 4.13. The highest BCUT2D eigenvalue weighted by Gasteiger charge is 2.14. The van der Waals surface area contributed by atoms with Crippen LogP contribution in [0.1, 0.15) is 64.4 Å². The van der Waals surface area contributed by atoms with Gasteiger partial charge in [-0.15, -0.1) is 0 Å². The summed E-state index contributed by atoms with van der Waals surface area (Å²) in [6.07, 6.45) is 4.55. The Morgan fingerprint density at radius 2 is 1.89 bits per heavy atom. The van der Waals surface area contributed by atoms with Crippen molar-refractivity contribution in [3.05, 3.63) is 17.0 Å². The molecule has 0 aromatic carbocycles. The van der Waals surface area contributed by atoms with Crippen LogP contribution in [0.15, 0.2) is 0 Å². The maximum absolute atomic E-state index is 4.79. The Hall–Kier alpha value is -0.830. The van der Waals surface area contributed by atoms with Crippen molar-refractivity contribution in [2.75, 3.05) is 0 Å². The molecule has 0 aliphatic rings. The van der Waals surface area contributed by atoms with Crippen molar-refractivity contribution in [2.45, 2.75) is 79.4 Å². The summed E-state index contributed by atoms with van der Waals surface area (Å²) in [6, 6.07) is 0.526. The van der Waals surface area contributed by atoms with Gasteiger partial charge in [-0.2, -0.15) is 5.10 Å². The Bertz CT molecular complexity index is 353. The lowest BCUT2D eigenvalue weighted by atomic mass is 10.1. The highest BCUT2D eigenvalue weighted by Crippen LogP contribution is 2.17. The third-order valence-corrected chi connectivity index (χ3v) is 3.33. The Balaban J connectivity index is 2.93. The van der Waals surface area contributed by atoms with Gasteiger partial charge >= 0.3 is 0 Å². The van der Waals surface area contributed by atoms with Crippen molar-refractivity contribution >= 4 is 0 Å². The number of aryl methyl sites for hydroxylation is 2. The van der Waals surface area contributed by atoms with Crippen LogP contribution >= 0.6 is 0 Å². The summed E-state index contributed by atoms with van der Waals surface area (Å²) in [5, 5.41) is 8.32. The smallest absolute Gasteiger partial charge is 0.0669 e. The topological polar surface area (TPSA) is 29.9 Å². The predicted molar refractivity (Wildman–Crippen MR) is 77.9 cm³/mol. The van der Waals surface area contributed by atoms with E-state index in [0.29, 0.717) is 6.04 Å². The summed E-state index contributed by atoms with van der Waals surface area (Å²) in [7, 11) is 0. The molecule has 0 spiro atoms. The second-order valence-corrected chi connectivity index (χ2v) is 5.19. The average Bonchev–Trinajstić information content (AvgIpc) is 2.70. The molecule has 3 heteroatoms. The fraction of sp³-hybridized carbons (Fsp3) is 0.800. The molecule has 0 atom stereocenters. The molecule has 3 nitrogen and oxygen atoms in total.